The molecule has 0 fully saturated rings. The second kappa shape index (κ2) is 7.14. The number of carbonyl (C=O) groups is 2. The van der Waals surface area contributed by atoms with Crippen LogP contribution < -0.4 is 10.1 Å². The van der Waals surface area contributed by atoms with Gasteiger partial charge in [0.15, 0.2) is 6.10 Å². The minimum absolute atomic E-state index is 0.0565. The number of carboxylic acid groups (broad SMARTS) is 1. The van der Waals surface area contributed by atoms with Crippen LogP contribution in [0.15, 0.2) is 18.2 Å². The molecule has 20 heavy (non-hydrogen) atoms. The minimum atomic E-state index is -1.14. The highest BCUT2D eigenvalue weighted by atomic mass is 35.5. The van der Waals surface area contributed by atoms with Crippen molar-refractivity contribution in [3.8, 4) is 5.75 Å². The van der Waals surface area contributed by atoms with Crippen molar-refractivity contribution in [2.45, 2.75) is 26.9 Å². The predicted octanol–water partition coefficient (Wildman–Crippen LogP) is 2.58. The Kier molecular flexibility index (Phi) is 5.82. The number of halogens is 1. The van der Waals surface area contributed by atoms with Gasteiger partial charge in [-0.1, -0.05) is 25.4 Å². The molecule has 1 atom stereocenters. The Morgan fingerprint density at radius 1 is 1.35 bits per heavy atom. The summed E-state index contributed by atoms with van der Waals surface area (Å²) < 4.78 is 5.42. The number of rotatable bonds is 6. The van der Waals surface area contributed by atoms with Gasteiger partial charge in [0.25, 0.3) is 5.91 Å². The van der Waals surface area contributed by atoms with Gasteiger partial charge in [0.1, 0.15) is 5.75 Å². The zero-order valence-corrected chi connectivity index (χ0v) is 12.4. The number of benzene rings is 1. The van der Waals surface area contributed by atoms with Crippen LogP contribution in [0.3, 0.4) is 0 Å². The van der Waals surface area contributed by atoms with Gasteiger partial charge in [0, 0.05) is 6.54 Å². The van der Waals surface area contributed by atoms with Crippen LogP contribution in [0.2, 0.25) is 5.02 Å². The third-order valence-electron chi connectivity index (χ3n) is 2.53. The highest BCUT2D eigenvalue weighted by Crippen LogP contribution is 2.22. The molecule has 0 aliphatic heterocycles. The molecule has 0 aliphatic carbocycles. The summed E-state index contributed by atoms with van der Waals surface area (Å²) in [7, 11) is 0. The predicted molar refractivity (Wildman–Crippen MR) is 76.3 cm³/mol. The topological polar surface area (TPSA) is 75.6 Å². The Balaban J connectivity index is 2.70. The first-order valence-corrected chi connectivity index (χ1v) is 6.66. The molecule has 0 aromatic heterocycles. The zero-order chi connectivity index (χ0) is 15.3. The maximum Gasteiger partial charge on any atom is 0.337 e. The van der Waals surface area contributed by atoms with Crippen LogP contribution in [0.1, 0.15) is 31.1 Å². The lowest BCUT2D eigenvalue weighted by Crippen LogP contribution is -2.38. The molecule has 110 valence electrons. The van der Waals surface area contributed by atoms with Crippen LogP contribution >= 0.6 is 11.6 Å². The third-order valence-corrected chi connectivity index (χ3v) is 2.86. The second-order valence-electron chi connectivity index (χ2n) is 4.85. The van der Waals surface area contributed by atoms with Crippen LogP contribution in [0.5, 0.6) is 5.75 Å². The molecule has 0 radical (unpaired) electrons. The van der Waals surface area contributed by atoms with Gasteiger partial charge in [-0.05, 0) is 31.0 Å². The molecule has 1 rings (SSSR count). The van der Waals surface area contributed by atoms with Gasteiger partial charge in [0.05, 0.1) is 10.6 Å². The Bertz CT molecular complexity index is 502. The lowest BCUT2D eigenvalue weighted by Gasteiger charge is -2.16. The molecule has 0 heterocycles. The van der Waals surface area contributed by atoms with Gasteiger partial charge < -0.3 is 15.2 Å². The first kappa shape index (κ1) is 16.3. The third kappa shape index (κ3) is 4.74. The van der Waals surface area contributed by atoms with E-state index in [0.29, 0.717) is 18.2 Å². The van der Waals surface area contributed by atoms with E-state index in [1.807, 2.05) is 13.8 Å². The van der Waals surface area contributed by atoms with Crippen molar-refractivity contribution in [1.82, 2.24) is 5.32 Å². The summed E-state index contributed by atoms with van der Waals surface area (Å²) in [5.41, 5.74) is -0.0565. The summed E-state index contributed by atoms with van der Waals surface area (Å²) >= 11 is 5.76. The van der Waals surface area contributed by atoms with Crippen LogP contribution in [0.25, 0.3) is 0 Å². The van der Waals surface area contributed by atoms with E-state index in [9.17, 15) is 9.59 Å². The summed E-state index contributed by atoms with van der Waals surface area (Å²) in [5.74, 6) is -0.748. The molecule has 0 aliphatic rings. The van der Waals surface area contributed by atoms with E-state index < -0.39 is 12.1 Å². The number of carboxylic acids is 1. The molecule has 0 saturated heterocycles. The van der Waals surface area contributed by atoms with Crippen molar-refractivity contribution in [1.29, 1.82) is 0 Å². The number of amides is 1. The smallest absolute Gasteiger partial charge is 0.337 e. The fraction of sp³-hybridized carbons (Fsp3) is 0.429. The normalized spacial score (nSPS) is 12.1. The first-order valence-electron chi connectivity index (χ1n) is 6.28. The molecule has 0 bridgehead atoms. The molecular formula is C14H18ClNO4. The number of aromatic carboxylic acids is 1. The van der Waals surface area contributed by atoms with E-state index in [2.05, 4.69) is 5.32 Å². The Morgan fingerprint density at radius 2 is 2.00 bits per heavy atom. The average Bonchev–Trinajstić information content (AvgIpc) is 2.37. The number of hydrogen-bond donors (Lipinski definition) is 2. The quantitative estimate of drug-likeness (QED) is 0.846. The lowest BCUT2D eigenvalue weighted by molar-refractivity contribution is -0.127. The Labute approximate surface area is 122 Å². The second-order valence-corrected chi connectivity index (χ2v) is 5.25. The van der Waals surface area contributed by atoms with Crippen molar-refractivity contribution < 1.29 is 19.4 Å². The molecule has 0 spiro atoms. The summed E-state index contributed by atoms with van der Waals surface area (Å²) in [6, 6.07) is 4.26. The molecule has 5 nitrogen and oxygen atoms in total. The fourth-order valence-corrected chi connectivity index (χ4v) is 1.65. The maximum absolute atomic E-state index is 11.8. The van der Waals surface area contributed by atoms with Crippen molar-refractivity contribution in [2.75, 3.05) is 6.54 Å². The van der Waals surface area contributed by atoms with Gasteiger partial charge in [-0.15, -0.1) is 0 Å². The van der Waals surface area contributed by atoms with E-state index >= 15 is 0 Å². The Hall–Kier alpha value is -1.75. The molecule has 0 saturated carbocycles. The number of ether oxygens (including phenoxy) is 1. The Morgan fingerprint density at radius 3 is 2.55 bits per heavy atom. The SMILES string of the molecule is CC(C)CNC(=O)C(C)Oc1ccc(Cl)c(C(=O)O)c1. The summed E-state index contributed by atoms with van der Waals surface area (Å²) in [4.78, 5) is 22.7. The number of hydrogen-bond acceptors (Lipinski definition) is 3. The van der Waals surface area contributed by atoms with Gasteiger partial charge in [0.2, 0.25) is 0 Å². The number of carbonyl (C=O) groups excluding carboxylic acids is 1. The van der Waals surface area contributed by atoms with Gasteiger partial charge in [-0.2, -0.15) is 0 Å². The zero-order valence-electron chi connectivity index (χ0n) is 11.6. The molecule has 1 aromatic rings. The van der Waals surface area contributed by atoms with Crippen molar-refractivity contribution in [3.63, 3.8) is 0 Å². The van der Waals surface area contributed by atoms with Gasteiger partial charge in [-0.3, -0.25) is 4.79 Å². The number of nitrogens with one attached hydrogen (secondary N) is 1. The summed E-state index contributed by atoms with van der Waals surface area (Å²) in [6.45, 7) is 6.15. The van der Waals surface area contributed by atoms with Crippen LogP contribution in [0, 0.1) is 5.92 Å². The summed E-state index contributed by atoms with van der Waals surface area (Å²) in [5, 5.41) is 11.8. The monoisotopic (exact) mass is 299 g/mol. The maximum atomic E-state index is 11.8. The summed E-state index contributed by atoms with van der Waals surface area (Å²) in [6.07, 6.45) is -0.712. The molecule has 1 unspecified atom stereocenters. The minimum Gasteiger partial charge on any atom is -0.481 e. The van der Waals surface area contributed by atoms with Gasteiger partial charge >= 0.3 is 5.97 Å². The fourth-order valence-electron chi connectivity index (χ4n) is 1.45. The molecular weight excluding hydrogens is 282 g/mol. The standard InChI is InChI=1S/C14H18ClNO4/c1-8(2)7-16-13(17)9(3)20-10-4-5-12(15)11(6-10)14(18)19/h4-6,8-9H,7H2,1-3H3,(H,16,17)(H,18,19). The van der Waals surface area contributed by atoms with E-state index in [1.54, 1.807) is 6.92 Å². The van der Waals surface area contributed by atoms with Crippen molar-refractivity contribution in [3.05, 3.63) is 28.8 Å². The molecule has 1 aromatic carbocycles. The van der Waals surface area contributed by atoms with Crippen LogP contribution in [-0.4, -0.2) is 29.6 Å². The molecule has 1 amide bonds. The largest absolute Gasteiger partial charge is 0.481 e. The van der Waals surface area contributed by atoms with Crippen molar-refractivity contribution >= 4 is 23.5 Å². The lowest BCUT2D eigenvalue weighted by atomic mass is 10.2. The van der Waals surface area contributed by atoms with Gasteiger partial charge in [-0.25, -0.2) is 4.79 Å². The highest BCUT2D eigenvalue weighted by molar-refractivity contribution is 6.33. The van der Waals surface area contributed by atoms with E-state index in [4.69, 9.17) is 21.4 Å². The van der Waals surface area contributed by atoms with Crippen LogP contribution in [0.4, 0.5) is 0 Å². The van der Waals surface area contributed by atoms with E-state index in [-0.39, 0.29) is 16.5 Å². The molecule has 2 N–H and O–H groups in total. The first-order chi connectivity index (χ1) is 9.31. The highest BCUT2D eigenvalue weighted by Gasteiger charge is 2.16. The van der Waals surface area contributed by atoms with E-state index in [1.165, 1.54) is 18.2 Å². The molecule has 6 heteroatoms. The van der Waals surface area contributed by atoms with Crippen molar-refractivity contribution in [2.24, 2.45) is 5.92 Å². The average molecular weight is 300 g/mol. The van der Waals surface area contributed by atoms with E-state index in [0.717, 1.165) is 0 Å². The van der Waals surface area contributed by atoms with Crippen LogP contribution in [-0.2, 0) is 4.79 Å².